The lowest BCUT2D eigenvalue weighted by Crippen LogP contribution is -2.42. The van der Waals surface area contributed by atoms with Gasteiger partial charge in [0.05, 0.1) is 18.8 Å². The molecule has 0 fully saturated rings. The first-order chi connectivity index (χ1) is 9.58. The van der Waals surface area contributed by atoms with Gasteiger partial charge in [-0.2, -0.15) is 0 Å². The summed E-state index contributed by atoms with van der Waals surface area (Å²) in [4.78, 5) is 23.8. The number of carboxylic acid groups (broad SMARTS) is 1. The van der Waals surface area contributed by atoms with E-state index in [1.54, 1.807) is 12.1 Å². The van der Waals surface area contributed by atoms with Gasteiger partial charge in [-0.1, -0.05) is 12.1 Å². The van der Waals surface area contributed by atoms with Gasteiger partial charge in [0.15, 0.2) is 0 Å². The molecule has 1 aromatic carbocycles. The van der Waals surface area contributed by atoms with Crippen LogP contribution < -0.4 is 5.32 Å². The molecule has 1 rings (SSSR count). The van der Waals surface area contributed by atoms with Gasteiger partial charge in [0, 0.05) is 19.6 Å². The predicted molar refractivity (Wildman–Crippen MR) is 71.4 cm³/mol. The van der Waals surface area contributed by atoms with E-state index in [9.17, 15) is 9.59 Å². The predicted octanol–water partition coefficient (Wildman–Crippen LogP) is -0.119. The van der Waals surface area contributed by atoms with Gasteiger partial charge in [0.1, 0.15) is 0 Å². The highest BCUT2D eigenvalue weighted by molar-refractivity contribution is 5.87. The molecule has 0 aliphatic rings. The first-order valence-electron chi connectivity index (χ1n) is 6.15. The quantitative estimate of drug-likeness (QED) is 0.557. The van der Waals surface area contributed by atoms with Crippen LogP contribution in [-0.2, 0) is 6.54 Å². The van der Waals surface area contributed by atoms with Gasteiger partial charge < -0.3 is 25.5 Å². The molecule has 0 radical (unpaired) electrons. The van der Waals surface area contributed by atoms with Crippen LogP contribution in [0.4, 0.5) is 4.79 Å². The van der Waals surface area contributed by atoms with Crippen molar-refractivity contribution >= 4 is 12.0 Å². The number of benzene rings is 1. The van der Waals surface area contributed by atoms with E-state index in [-0.39, 0.29) is 38.4 Å². The van der Waals surface area contributed by atoms with Crippen molar-refractivity contribution in [3.63, 3.8) is 0 Å². The summed E-state index contributed by atoms with van der Waals surface area (Å²) in [5.74, 6) is -1.00. The number of urea groups is 1. The number of aliphatic hydroxyl groups is 2. The molecule has 20 heavy (non-hydrogen) atoms. The number of amides is 2. The standard InChI is InChI=1S/C13H18N2O5/c16-7-5-15(6-8-17)13(20)14-9-10-1-3-11(4-2-10)12(18)19/h1-4,16-17H,5-9H2,(H,14,20)(H,18,19). The lowest BCUT2D eigenvalue weighted by Gasteiger charge is -2.21. The van der Waals surface area contributed by atoms with Crippen molar-refractivity contribution in [3.8, 4) is 0 Å². The van der Waals surface area contributed by atoms with Crippen LogP contribution in [0.2, 0.25) is 0 Å². The van der Waals surface area contributed by atoms with E-state index in [1.807, 2.05) is 0 Å². The maximum Gasteiger partial charge on any atom is 0.335 e. The lowest BCUT2D eigenvalue weighted by atomic mass is 10.1. The van der Waals surface area contributed by atoms with E-state index in [4.69, 9.17) is 15.3 Å². The summed E-state index contributed by atoms with van der Waals surface area (Å²) in [5.41, 5.74) is 0.943. The highest BCUT2D eigenvalue weighted by Gasteiger charge is 2.11. The van der Waals surface area contributed by atoms with Crippen molar-refractivity contribution < 1.29 is 24.9 Å². The molecule has 0 spiro atoms. The average molecular weight is 282 g/mol. The molecule has 0 aliphatic heterocycles. The Labute approximate surface area is 116 Å². The monoisotopic (exact) mass is 282 g/mol. The fourth-order valence-electron chi connectivity index (χ4n) is 1.61. The highest BCUT2D eigenvalue weighted by atomic mass is 16.4. The Morgan fingerprint density at radius 2 is 1.60 bits per heavy atom. The number of aliphatic hydroxyl groups excluding tert-OH is 2. The second-order valence-electron chi connectivity index (χ2n) is 4.10. The number of aromatic carboxylic acids is 1. The Hall–Kier alpha value is -2.12. The largest absolute Gasteiger partial charge is 0.478 e. The number of nitrogens with one attached hydrogen (secondary N) is 1. The number of rotatable bonds is 7. The number of carboxylic acids is 1. The van der Waals surface area contributed by atoms with Crippen LogP contribution in [0.3, 0.4) is 0 Å². The smallest absolute Gasteiger partial charge is 0.335 e. The maximum absolute atomic E-state index is 11.8. The summed E-state index contributed by atoms with van der Waals surface area (Å²) in [5, 5.41) is 29.0. The van der Waals surface area contributed by atoms with Gasteiger partial charge in [-0.25, -0.2) is 9.59 Å². The molecule has 0 atom stereocenters. The minimum absolute atomic E-state index is 0.143. The average Bonchev–Trinajstić information content (AvgIpc) is 2.45. The molecule has 0 bridgehead atoms. The Balaban J connectivity index is 2.52. The molecule has 0 saturated heterocycles. The van der Waals surface area contributed by atoms with E-state index >= 15 is 0 Å². The number of carbonyl (C=O) groups excluding carboxylic acids is 1. The van der Waals surface area contributed by atoms with Crippen LogP contribution in [0.1, 0.15) is 15.9 Å². The Morgan fingerprint density at radius 3 is 2.05 bits per heavy atom. The third kappa shape index (κ3) is 4.87. The zero-order valence-electron chi connectivity index (χ0n) is 11.0. The van der Waals surface area contributed by atoms with E-state index in [1.165, 1.54) is 17.0 Å². The first-order valence-corrected chi connectivity index (χ1v) is 6.15. The van der Waals surface area contributed by atoms with Crippen molar-refractivity contribution in [3.05, 3.63) is 35.4 Å². The molecule has 7 heteroatoms. The van der Waals surface area contributed by atoms with Gasteiger partial charge >= 0.3 is 12.0 Å². The molecular weight excluding hydrogens is 264 g/mol. The summed E-state index contributed by atoms with van der Waals surface area (Å²) in [6.07, 6.45) is 0. The molecule has 0 saturated carbocycles. The summed E-state index contributed by atoms with van der Waals surface area (Å²) < 4.78 is 0. The molecule has 0 heterocycles. The van der Waals surface area contributed by atoms with Crippen LogP contribution in [0.15, 0.2) is 24.3 Å². The van der Waals surface area contributed by atoms with Crippen molar-refractivity contribution in [2.45, 2.75) is 6.54 Å². The fraction of sp³-hybridized carbons (Fsp3) is 0.385. The second-order valence-corrected chi connectivity index (χ2v) is 4.10. The Kier molecular flexibility index (Phi) is 6.48. The minimum Gasteiger partial charge on any atom is -0.478 e. The van der Waals surface area contributed by atoms with Gasteiger partial charge in [-0.3, -0.25) is 0 Å². The van der Waals surface area contributed by atoms with Crippen LogP contribution >= 0.6 is 0 Å². The topological polar surface area (TPSA) is 110 Å². The third-order valence-corrected chi connectivity index (χ3v) is 2.67. The van der Waals surface area contributed by atoms with E-state index in [0.717, 1.165) is 5.56 Å². The van der Waals surface area contributed by atoms with Crippen LogP contribution in [0, 0.1) is 0 Å². The molecule has 0 aromatic heterocycles. The Bertz CT molecular complexity index is 441. The molecular formula is C13H18N2O5. The van der Waals surface area contributed by atoms with Gasteiger partial charge in [0.2, 0.25) is 0 Å². The number of carbonyl (C=O) groups is 2. The molecule has 2 amide bonds. The minimum atomic E-state index is -1.00. The molecule has 7 nitrogen and oxygen atoms in total. The molecule has 0 unspecified atom stereocenters. The summed E-state index contributed by atoms with van der Waals surface area (Å²) in [7, 11) is 0. The molecule has 0 aliphatic carbocycles. The van der Waals surface area contributed by atoms with Crippen molar-refractivity contribution in [1.82, 2.24) is 10.2 Å². The fourth-order valence-corrected chi connectivity index (χ4v) is 1.61. The normalized spacial score (nSPS) is 10.1. The van der Waals surface area contributed by atoms with Gasteiger partial charge in [0.25, 0.3) is 0 Å². The van der Waals surface area contributed by atoms with E-state index < -0.39 is 12.0 Å². The summed E-state index contributed by atoms with van der Waals surface area (Å²) >= 11 is 0. The zero-order chi connectivity index (χ0) is 15.0. The van der Waals surface area contributed by atoms with Crippen molar-refractivity contribution in [1.29, 1.82) is 0 Å². The van der Waals surface area contributed by atoms with Crippen molar-refractivity contribution in [2.24, 2.45) is 0 Å². The second kappa shape index (κ2) is 8.13. The number of nitrogens with zero attached hydrogens (tertiary/aromatic N) is 1. The molecule has 110 valence electrons. The number of hydrogen-bond donors (Lipinski definition) is 4. The van der Waals surface area contributed by atoms with Crippen molar-refractivity contribution in [2.75, 3.05) is 26.3 Å². The Morgan fingerprint density at radius 1 is 1.05 bits per heavy atom. The SMILES string of the molecule is O=C(O)c1ccc(CNC(=O)N(CCO)CCO)cc1. The first kappa shape index (κ1) is 15.9. The van der Waals surface area contributed by atoms with E-state index in [0.29, 0.717) is 0 Å². The molecule has 1 aromatic rings. The lowest BCUT2D eigenvalue weighted by molar-refractivity contribution is 0.0697. The van der Waals surface area contributed by atoms with Gasteiger partial charge in [-0.05, 0) is 17.7 Å². The highest BCUT2D eigenvalue weighted by Crippen LogP contribution is 2.04. The third-order valence-electron chi connectivity index (χ3n) is 2.67. The number of hydrogen-bond acceptors (Lipinski definition) is 4. The summed E-state index contributed by atoms with van der Waals surface area (Å²) in [6, 6.07) is 5.76. The van der Waals surface area contributed by atoms with Gasteiger partial charge in [-0.15, -0.1) is 0 Å². The maximum atomic E-state index is 11.8. The molecule has 4 N–H and O–H groups in total. The van der Waals surface area contributed by atoms with E-state index in [2.05, 4.69) is 5.32 Å². The summed E-state index contributed by atoms with van der Waals surface area (Å²) in [6.45, 7) is 0.169. The zero-order valence-corrected chi connectivity index (χ0v) is 11.0. The van der Waals surface area contributed by atoms with Crippen LogP contribution in [0.5, 0.6) is 0 Å². The van der Waals surface area contributed by atoms with Crippen LogP contribution in [-0.4, -0.2) is 58.5 Å². The van der Waals surface area contributed by atoms with Crippen LogP contribution in [0.25, 0.3) is 0 Å².